The van der Waals surface area contributed by atoms with Crippen molar-refractivity contribution in [3.05, 3.63) is 35.4 Å². The van der Waals surface area contributed by atoms with Crippen LogP contribution in [0.1, 0.15) is 18.9 Å². The Morgan fingerprint density at radius 1 is 1.50 bits per heavy atom. The van der Waals surface area contributed by atoms with Gasteiger partial charge >= 0.3 is 0 Å². The van der Waals surface area contributed by atoms with Gasteiger partial charge in [-0.05, 0) is 19.4 Å². The molecule has 2 rings (SSSR count). The van der Waals surface area contributed by atoms with E-state index in [4.69, 9.17) is 4.74 Å². The van der Waals surface area contributed by atoms with Gasteiger partial charge in [0.1, 0.15) is 0 Å². The Balaban J connectivity index is 2.16. The first-order valence-corrected chi connectivity index (χ1v) is 5.99. The largest absolute Gasteiger partial charge is 0.385 e. The number of morpholine rings is 1. The second-order valence-electron chi connectivity index (χ2n) is 4.81. The maximum atomic E-state index is 13.7. The Kier molecular flexibility index (Phi) is 3.94. The van der Waals surface area contributed by atoms with Gasteiger partial charge < -0.3 is 15.2 Å². The monoisotopic (exact) mass is 257 g/mol. The van der Waals surface area contributed by atoms with Crippen molar-refractivity contribution >= 4 is 0 Å². The highest BCUT2D eigenvalue weighted by molar-refractivity contribution is 5.25. The smallest absolute Gasteiger partial charge is 0.164 e. The molecule has 0 bridgehead atoms. The maximum Gasteiger partial charge on any atom is 0.164 e. The summed E-state index contributed by atoms with van der Waals surface area (Å²) in [6.45, 7) is 3.29. The Morgan fingerprint density at radius 2 is 2.28 bits per heavy atom. The van der Waals surface area contributed by atoms with Crippen molar-refractivity contribution in [2.45, 2.75) is 25.0 Å². The van der Waals surface area contributed by atoms with Crippen LogP contribution in [0.4, 0.5) is 8.78 Å². The van der Waals surface area contributed by atoms with Gasteiger partial charge in [-0.3, -0.25) is 0 Å². The van der Waals surface area contributed by atoms with Crippen molar-refractivity contribution in [2.75, 3.05) is 19.8 Å². The predicted molar refractivity (Wildman–Crippen MR) is 63.2 cm³/mol. The quantitative estimate of drug-likeness (QED) is 0.863. The molecule has 1 aromatic rings. The molecule has 0 aliphatic carbocycles. The van der Waals surface area contributed by atoms with Crippen molar-refractivity contribution in [3.63, 3.8) is 0 Å². The Hall–Kier alpha value is -1.04. The molecule has 100 valence electrons. The fraction of sp³-hybridized carbons (Fsp3) is 0.538. The first-order chi connectivity index (χ1) is 8.50. The third-order valence-electron chi connectivity index (χ3n) is 3.17. The summed E-state index contributed by atoms with van der Waals surface area (Å²) in [7, 11) is 0. The minimum Gasteiger partial charge on any atom is -0.385 e. The van der Waals surface area contributed by atoms with Crippen LogP contribution in [-0.2, 0) is 10.3 Å². The average Bonchev–Trinajstić information content (AvgIpc) is 2.33. The van der Waals surface area contributed by atoms with E-state index in [0.717, 1.165) is 6.07 Å². The number of rotatable bonds is 3. The zero-order valence-corrected chi connectivity index (χ0v) is 10.2. The Labute approximate surface area is 105 Å². The lowest BCUT2D eigenvalue weighted by Crippen LogP contribution is -2.45. The highest BCUT2D eigenvalue weighted by Gasteiger charge is 2.31. The summed E-state index contributed by atoms with van der Waals surface area (Å²) >= 11 is 0. The average molecular weight is 257 g/mol. The molecule has 1 heterocycles. The molecule has 0 aromatic heterocycles. The van der Waals surface area contributed by atoms with Gasteiger partial charge in [-0.25, -0.2) is 8.78 Å². The Bertz CT molecular complexity index is 417. The van der Waals surface area contributed by atoms with Crippen molar-refractivity contribution in [1.29, 1.82) is 0 Å². The van der Waals surface area contributed by atoms with E-state index in [0.29, 0.717) is 19.8 Å². The minimum atomic E-state index is -1.43. The summed E-state index contributed by atoms with van der Waals surface area (Å²) in [6.07, 6.45) is 0.271. The SMILES string of the molecule is CC(O)(CC1COCCN1)c1cccc(F)c1F. The second-order valence-corrected chi connectivity index (χ2v) is 4.81. The molecule has 0 saturated carbocycles. The maximum absolute atomic E-state index is 13.7. The van der Waals surface area contributed by atoms with Gasteiger partial charge in [0.2, 0.25) is 0 Å². The number of hydrogen-bond donors (Lipinski definition) is 2. The van der Waals surface area contributed by atoms with Gasteiger partial charge in [-0.1, -0.05) is 12.1 Å². The van der Waals surface area contributed by atoms with E-state index in [1.165, 1.54) is 19.1 Å². The highest BCUT2D eigenvalue weighted by Crippen LogP contribution is 2.29. The highest BCUT2D eigenvalue weighted by atomic mass is 19.2. The molecule has 0 amide bonds. The van der Waals surface area contributed by atoms with Crippen LogP contribution in [0, 0.1) is 11.6 Å². The lowest BCUT2D eigenvalue weighted by molar-refractivity contribution is 0.000731. The van der Waals surface area contributed by atoms with Crippen LogP contribution in [-0.4, -0.2) is 30.9 Å². The van der Waals surface area contributed by atoms with Crippen molar-refractivity contribution in [1.82, 2.24) is 5.32 Å². The summed E-state index contributed by atoms with van der Waals surface area (Å²) in [5.41, 5.74) is -1.44. The summed E-state index contributed by atoms with van der Waals surface area (Å²) in [4.78, 5) is 0. The molecule has 0 radical (unpaired) electrons. The molecule has 5 heteroatoms. The molecule has 1 aromatic carbocycles. The molecule has 1 fully saturated rings. The standard InChI is InChI=1S/C13H17F2NO2/c1-13(17,7-9-8-18-6-5-16-9)10-3-2-4-11(14)12(10)15/h2-4,9,16-17H,5-8H2,1H3. The predicted octanol–water partition coefficient (Wildman–Crippen LogP) is 1.55. The second kappa shape index (κ2) is 5.30. The summed E-state index contributed by atoms with van der Waals surface area (Å²) in [6, 6.07) is 3.78. The van der Waals surface area contributed by atoms with Gasteiger partial charge in [0.05, 0.1) is 18.8 Å². The van der Waals surface area contributed by atoms with Gasteiger partial charge in [0.15, 0.2) is 11.6 Å². The lowest BCUT2D eigenvalue weighted by atomic mass is 9.88. The number of halogens is 2. The molecule has 1 aliphatic rings. The van der Waals surface area contributed by atoms with E-state index < -0.39 is 17.2 Å². The molecular weight excluding hydrogens is 240 g/mol. The fourth-order valence-electron chi connectivity index (χ4n) is 2.26. The van der Waals surface area contributed by atoms with E-state index in [2.05, 4.69) is 5.32 Å². The number of benzene rings is 1. The Morgan fingerprint density at radius 3 is 2.94 bits per heavy atom. The van der Waals surface area contributed by atoms with Crippen LogP contribution in [0.25, 0.3) is 0 Å². The third-order valence-corrected chi connectivity index (χ3v) is 3.17. The molecule has 2 unspecified atom stereocenters. The van der Waals surface area contributed by atoms with Crippen LogP contribution in [0.5, 0.6) is 0 Å². The van der Waals surface area contributed by atoms with E-state index in [-0.39, 0.29) is 18.0 Å². The number of ether oxygens (including phenoxy) is 1. The number of hydrogen-bond acceptors (Lipinski definition) is 3. The molecule has 0 spiro atoms. The zero-order valence-electron chi connectivity index (χ0n) is 10.2. The first-order valence-electron chi connectivity index (χ1n) is 5.99. The topological polar surface area (TPSA) is 41.5 Å². The van der Waals surface area contributed by atoms with Gasteiger partial charge in [-0.2, -0.15) is 0 Å². The van der Waals surface area contributed by atoms with Crippen LogP contribution in [0.15, 0.2) is 18.2 Å². The lowest BCUT2D eigenvalue weighted by Gasteiger charge is -2.32. The number of aliphatic hydroxyl groups is 1. The first kappa shape index (κ1) is 13.4. The van der Waals surface area contributed by atoms with Crippen molar-refractivity contribution in [3.8, 4) is 0 Å². The van der Waals surface area contributed by atoms with Gasteiger partial charge in [-0.15, -0.1) is 0 Å². The summed E-state index contributed by atoms with van der Waals surface area (Å²) in [5, 5.41) is 13.5. The molecular formula is C13H17F2NO2. The molecule has 2 N–H and O–H groups in total. The minimum absolute atomic E-state index is 0.0186. The van der Waals surface area contributed by atoms with Crippen LogP contribution in [0.3, 0.4) is 0 Å². The molecule has 2 atom stereocenters. The molecule has 3 nitrogen and oxygen atoms in total. The summed E-state index contributed by atoms with van der Waals surface area (Å²) in [5.74, 6) is -1.93. The molecule has 18 heavy (non-hydrogen) atoms. The van der Waals surface area contributed by atoms with E-state index in [1.54, 1.807) is 0 Å². The molecule has 1 saturated heterocycles. The van der Waals surface area contributed by atoms with E-state index >= 15 is 0 Å². The van der Waals surface area contributed by atoms with Crippen LogP contribution < -0.4 is 5.32 Å². The molecule has 1 aliphatic heterocycles. The summed E-state index contributed by atoms with van der Waals surface area (Å²) < 4.78 is 32.1. The van der Waals surface area contributed by atoms with Crippen molar-refractivity contribution in [2.24, 2.45) is 0 Å². The normalized spacial score (nSPS) is 23.7. The van der Waals surface area contributed by atoms with Gasteiger partial charge in [0.25, 0.3) is 0 Å². The third kappa shape index (κ3) is 2.85. The fourth-order valence-corrected chi connectivity index (χ4v) is 2.26. The zero-order chi connectivity index (χ0) is 13.2. The van der Waals surface area contributed by atoms with E-state index in [1.807, 2.05) is 0 Å². The van der Waals surface area contributed by atoms with E-state index in [9.17, 15) is 13.9 Å². The van der Waals surface area contributed by atoms with Gasteiger partial charge in [0, 0.05) is 18.2 Å². The van der Waals surface area contributed by atoms with Crippen LogP contribution in [0.2, 0.25) is 0 Å². The van der Waals surface area contributed by atoms with Crippen molar-refractivity contribution < 1.29 is 18.6 Å². The number of nitrogens with one attached hydrogen (secondary N) is 1. The van der Waals surface area contributed by atoms with Crippen LogP contribution >= 0.6 is 0 Å².